The van der Waals surface area contributed by atoms with E-state index in [1.807, 2.05) is 38.1 Å². The highest BCUT2D eigenvalue weighted by molar-refractivity contribution is 7.07. The summed E-state index contributed by atoms with van der Waals surface area (Å²) in [5, 5.41) is 0. The Kier molecular flexibility index (Phi) is 8.36. The first-order chi connectivity index (χ1) is 18.4. The van der Waals surface area contributed by atoms with Crippen LogP contribution in [-0.4, -0.2) is 38.5 Å². The maximum atomic E-state index is 14.0. The van der Waals surface area contributed by atoms with Crippen molar-refractivity contribution in [1.82, 2.24) is 4.57 Å². The number of benzene rings is 2. The third-order valence-corrected chi connectivity index (χ3v) is 7.34. The van der Waals surface area contributed by atoms with Gasteiger partial charge in [0.25, 0.3) is 5.56 Å². The van der Waals surface area contributed by atoms with Gasteiger partial charge in [0.15, 0.2) is 4.80 Å². The molecule has 1 aliphatic rings. The average molecular weight is 537 g/mol. The van der Waals surface area contributed by atoms with Crippen LogP contribution in [0.3, 0.4) is 0 Å². The smallest absolute Gasteiger partial charge is 0.338 e. The van der Waals surface area contributed by atoms with Crippen molar-refractivity contribution in [3.63, 3.8) is 0 Å². The van der Waals surface area contributed by atoms with E-state index in [0.717, 1.165) is 23.3 Å². The molecular weight excluding hydrogens is 504 g/mol. The zero-order chi connectivity index (χ0) is 27.4. The number of hydrogen-bond donors (Lipinski definition) is 0. The Morgan fingerprint density at radius 1 is 1.05 bits per heavy atom. The number of methoxy groups -OCH3 is 3. The molecule has 0 bridgehead atoms. The zero-order valence-corrected chi connectivity index (χ0v) is 23.3. The van der Waals surface area contributed by atoms with Crippen LogP contribution in [0, 0.1) is 6.92 Å². The maximum Gasteiger partial charge on any atom is 0.338 e. The summed E-state index contributed by atoms with van der Waals surface area (Å²) in [6.45, 7) is 5.93. The van der Waals surface area contributed by atoms with Gasteiger partial charge in [0.1, 0.15) is 23.3 Å². The van der Waals surface area contributed by atoms with E-state index in [2.05, 4.69) is 0 Å². The van der Waals surface area contributed by atoms with Crippen LogP contribution in [0.15, 0.2) is 57.5 Å². The van der Waals surface area contributed by atoms with Gasteiger partial charge in [0.05, 0.1) is 43.7 Å². The lowest BCUT2D eigenvalue weighted by molar-refractivity contribution is -0.139. The number of nitrogens with zero attached hydrogens (tertiary/aromatic N) is 2. The highest BCUT2D eigenvalue weighted by Crippen LogP contribution is 2.38. The van der Waals surface area contributed by atoms with Crippen LogP contribution < -0.4 is 29.1 Å². The fourth-order valence-electron chi connectivity index (χ4n) is 4.55. The molecule has 0 amide bonds. The number of fused-ring (bicyclic) bond motifs is 1. The molecule has 8 nitrogen and oxygen atoms in total. The Labute approximate surface area is 225 Å². The largest absolute Gasteiger partial charge is 0.497 e. The molecule has 200 valence electrons. The van der Waals surface area contributed by atoms with Gasteiger partial charge in [-0.1, -0.05) is 36.8 Å². The summed E-state index contributed by atoms with van der Waals surface area (Å²) >= 11 is 1.28. The highest BCUT2D eigenvalue weighted by atomic mass is 32.1. The number of allylic oxidation sites excluding steroid dienone is 1. The van der Waals surface area contributed by atoms with Gasteiger partial charge in [-0.05, 0) is 61.7 Å². The summed E-state index contributed by atoms with van der Waals surface area (Å²) in [7, 11) is 4.74. The van der Waals surface area contributed by atoms with E-state index in [1.165, 1.54) is 11.3 Å². The summed E-state index contributed by atoms with van der Waals surface area (Å²) in [5.74, 6) is 1.33. The fraction of sp³-hybridized carbons (Fsp3) is 0.345. The van der Waals surface area contributed by atoms with Crippen LogP contribution in [0.1, 0.15) is 49.4 Å². The van der Waals surface area contributed by atoms with E-state index in [-0.39, 0.29) is 12.2 Å². The Balaban J connectivity index is 2.04. The molecule has 0 aliphatic carbocycles. The zero-order valence-electron chi connectivity index (χ0n) is 22.5. The first-order valence-electron chi connectivity index (χ1n) is 12.4. The van der Waals surface area contributed by atoms with Crippen LogP contribution in [-0.2, 0) is 9.53 Å². The van der Waals surface area contributed by atoms with Crippen LogP contribution in [0.4, 0.5) is 0 Å². The van der Waals surface area contributed by atoms with Crippen molar-refractivity contribution < 1.29 is 23.7 Å². The molecule has 0 fully saturated rings. The van der Waals surface area contributed by atoms with Gasteiger partial charge in [-0.2, -0.15) is 0 Å². The molecule has 4 rings (SSSR count). The van der Waals surface area contributed by atoms with Crippen LogP contribution in [0.5, 0.6) is 17.2 Å². The number of ether oxygens (including phenoxy) is 4. The summed E-state index contributed by atoms with van der Waals surface area (Å²) in [6, 6.07) is 10.3. The molecule has 1 aromatic heterocycles. The second kappa shape index (κ2) is 11.7. The van der Waals surface area contributed by atoms with Gasteiger partial charge in [-0.25, -0.2) is 9.79 Å². The van der Waals surface area contributed by atoms with Crippen LogP contribution in [0.2, 0.25) is 0 Å². The first kappa shape index (κ1) is 27.2. The molecule has 3 aromatic rings. The minimum Gasteiger partial charge on any atom is -0.497 e. The summed E-state index contributed by atoms with van der Waals surface area (Å²) in [5.41, 5.74) is 3.11. The SMILES string of the molecule is CCCC1=C(C(=O)OCC)[C@H](c2cc(OC)ccc2OC)n2c(s/c(=C\c3ccc(C)c(OC)c3)c2=O)=N1. The predicted octanol–water partition coefficient (Wildman–Crippen LogP) is 3.91. The first-order valence-corrected chi connectivity index (χ1v) is 13.3. The number of thiazole rings is 1. The predicted molar refractivity (Wildman–Crippen MR) is 147 cm³/mol. The van der Waals surface area contributed by atoms with Crippen molar-refractivity contribution in [2.45, 2.75) is 39.7 Å². The van der Waals surface area contributed by atoms with E-state index >= 15 is 0 Å². The molecule has 1 aliphatic heterocycles. The number of aryl methyl sites for hydroxylation is 1. The fourth-order valence-corrected chi connectivity index (χ4v) is 5.57. The van der Waals surface area contributed by atoms with Gasteiger partial charge in [-0.3, -0.25) is 9.36 Å². The lowest BCUT2D eigenvalue weighted by Gasteiger charge is -2.27. The van der Waals surface area contributed by atoms with E-state index in [9.17, 15) is 9.59 Å². The van der Waals surface area contributed by atoms with Crippen LogP contribution in [0.25, 0.3) is 6.08 Å². The monoisotopic (exact) mass is 536 g/mol. The summed E-state index contributed by atoms with van der Waals surface area (Å²) < 4.78 is 24.1. The van der Waals surface area contributed by atoms with Gasteiger partial charge in [-0.15, -0.1) is 0 Å². The second-order valence-electron chi connectivity index (χ2n) is 8.75. The van der Waals surface area contributed by atoms with Crippen molar-refractivity contribution in [2.24, 2.45) is 4.99 Å². The highest BCUT2D eigenvalue weighted by Gasteiger charge is 2.36. The molecule has 1 atom stereocenters. The maximum absolute atomic E-state index is 14.0. The Hall–Kier alpha value is -3.85. The van der Waals surface area contributed by atoms with Crippen molar-refractivity contribution in [2.75, 3.05) is 27.9 Å². The minimum atomic E-state index is -0.799. The Morgan fingerprint density at radius 2 is 1.82 bits per heavy atom. The number of hydrogen-bond acceptors (Lipinski definition) is 8. The summed E-state index contributed by atoms with van der Waals surface area (Å²) in [6.07, 6.45) is 3.14. The number of carbonyl (C=O) groups excluding carboxylic acids is 1. The molecule has 38 heavy (non-hydrogen) atoms. The molecule has 2 aromatic carbocycles. The quantitative estimate of drug-likeness (QED) is 0.386. The Morgan fingerprint density at radius 3 is 2.47 bits per heavy atom. The molecule has 9 heteroatoms. The lowest BCUT2D eigenvalue weighted by Crippen LogP contribution is -2.40. The third kappa shape index (κ3) is 5.11. The van der Waals surface area contributed by atoms with Crippen molar-refractivity contribution in [3.05, 3.63) is 84.0 Å². The van der Waals surface area contributed by atoms with E-state index < -0.39 is 12.0 Å². The molecule has 0 saturated carbocycles. The van der Waals surface area contributed by atoms with E-state index in [1.54, 1.807) is 51.0 Å². The topological polar surface area (TPSA) is 88.4 Å². The molecule has 0 N–H and O–H groups in total. The summed E-state index contributed by atoms with van der Waals surface area (Å²) in [4.78, 5) is 32.7. The number of esters is 1. The minimum absolute atomic E-state index is 0.198. The standard InChI is InChI=1S/C29H32N2O6S/c1-7-9-21-25(28(33)37-8-2)26(20-16-19(34-4)12-13-22(20)35-5)31-27(32)24(38-29(31)30-21)15-18-11-10-17(3)23(14-18)36-6/h10-16,26H,7-9H2,1-6H3/b24-15-/t26-/m0/s1. The third-order valence-electron chi connectivity index (χ3n) is 6.35. The molecule has 2 heterocycles. The van der Waals surface area contributed by atoms with Gasteiger partial charge in [0.2, 0.25) is 0 Å². The van der Waals surface area contributed by atoms with E-state index in [0.29, 0.717) is 44.1 Å². The normalized spacial score (nSPS) is 15.1. The molecule has 0 unspecified atom stereocenters. The Bertz CT molecular complexity index is 1570. The molecule has 0 spiro atoms. The van der Waals surface area contributed by atoms with Gasteiger partial charge < -0.3 is 18.9 Å². The molecule has 0 radical (unpaired) electrons. The van der Waals surface area contributed by atoms with Gasteiger partial charge >= 0.3 is 5.97 Å². The van der Waals surface area contributed by atoms with Crippen molar-refractivity contribution in [1.29, 1.82) is 0 Å². The number of rotatable bonds is 9. The van der Waals surface area contributed by atoms with Crippen LogP contribution >= 0.6 is 11.3 Å². The average Bonchev–Trinajstić information content (AvgIpc) is 3.23. The lowest BCUT2D eigenvalue weighted by atomic mass is 9.93. The van der Waals surface area contributed by atoms with Crippen molar-refractivity contribution >= 4 is 23.4 Å². The van der Waals surface area contributed by atoms with E-state index in [4.69, 9.17) is 23.9 Å². The second-order valence-corrected chi connectivity index (χ2v) is 9.76. The van der Waals surface area contributed by atoms with Crippen molar-refractivity contribution in [3.8, 4) is 17.2 Å². The number of carbonyl (C=O) groups is 1. The van der Waals surface area contributed by atoms with Gasteiger partial charge in [0, 0.05) is 5.56 Å². The molecular formula is C29H32N2O6S. The molecule has 0 saturated heterocycles. The number of aromatic nitrogens is 1.